The van der Waals surface area contributed by atoms with Gasteiger partial charge in [0.1, 0.15) is 0 Å². The summed E-state index contributed by atoms with van der Waals surface area (Å²) in [5, 5.41) is 4.29. The van der Waals surface area contributed by atoms with Gasteiger partial charge in [0.15, 0.2) is 5.11 Å². The molecule has 4 aromatic rings. The Bertz CT molecular complexity index is 1340. The number of pyridine rings is 1. The van der Waals surface area contributed by atoms with E-state index in [1.165, 1.54) is 28.2 Å². The Hall–Kier alpha value is -3.64. The summed E-state index contributed by atoms with van der Waals surface area (Å²) in [5.41, 5.74) is 9.26. The predicted octanol–water partition coefficient (Wildman–Crippen LogP) is 6.04. The van der Waals surface area contributed by atoms with Crippen LogP contribution in [0.1, 0.15) is 40.3 Å². The van der Waals surface area contributed by atoms with Crippen LogP contribution in [0.15, 0.2) is 79.0 Å². The van der Waals surface area contributed by atoms with Gasteiger partial charge in [-0.2, -0.15) is 0 Å². The first-order chi connectivity index (χ1) is 16.8. The van der Waals surface area contributed by atoms with Crippen molar-refractivity contribution in [2.24, 2.45) is 0 Å². The fourth-order valence-corrected chi connectivity index (χ4v) is 5.38. The highest BCUT2D eigenvalue weighted by Crippen LogP contribution is 2.44. The normalized spacial score (nSPS) is 17.5. The van der Waals surface area contributed by atoms with Gasteiger partial charge in [-0.05, 0) is 93.1 Å². The Balaban J connectivity index is 1.65. The summed E-state index contributed by atoms with van der Waals surface area (Å²) < 4.78 is 2.33. The molecule has 0 bridgehead atoms. The van der Waals surface area contributed by atoms with Crippen LogP contribution >= 0.6 is 12.2 Å². The molecule has 0 amide bonds. The van der Waals surface area contributed by atoms with E-state index in [0.29, 0.717) is 5.11 Å². The van der Waals surface area contributed by atoms with Crippen LogP contribution in [-0.2, 0) is 0 Å². The number of aromatic nitrogens is 2. The molecule has 0 saturated carbocycles. The number of benzene rings is 2. The zero-order valence-corrected chi connectivity index (χ0v) is 21.7. The molecule has 2 aromatic carbocycles. The summed E-state index contributed by atoms with van der Waals surface area (Å²) in [4.78, 5) is 9.05. The lowest BCUT2D eigenvalue weighted by Crippen LogP contribution is -2.29. The van der Waals surface area contributed by atoms with Crippen LogP contribution in [0.25, 0.3) is 5.69 Å². The van der Waals surface area contributed by atoms with Gasteiger partial charge in [0, 0.05) is 48.7 Å². The lowest BCUT2D eigenvalue weighted by molar-refractivity contribution is 0.565. The molecular weight excluding hydrogens is 450 g/mol. The minimum atomic E-state index is -0.0656. The number of hydrogen-bond donors (Lipinski definition) is 1. The molecule has 1 fully saturated rings. The molecule has 1 saturated heterocycles. The molecule has 178 valence electrons. The smallest absolute Gasteiger partial charge is 0.174 e. The zero-order chi connectivity index (χ0) is 24.7. The van der Waals surface area contributed by atoms with Crippen molar-refractivity contribution in [1.29, 1.82) is 0 Å². The van der Waals surface area contributed by atoms with E-state index in [4.69, 9.17) is 17.2 Å². The first-order valence-corrected chi connectivity index (χ1v) is 12.3. The molecule has 0 unspecified atom stereocenters. The zero-order valence-electron chi connectivity index (χ0n) is 20.9. The second kappa shape index (κ2) is 9.19. The maximum atomic E-state index is 5.92. The van der Waals surface area contributed by atoms with E-state index in [0.717, 1.165) is 17.1 Å². The van der Waals surface area contributed by atoms with Crippen molar-refractivity contribution in [3.05, 3.63) is 107 Å². The van der Waals surface area contributed by atoms with Crippen LogP contribution in [0.3, 0.4) is 0 Å². The van der Waals surface area contributed by atoms with Crippen LogP contribution in [0.5, 0.6) is 0 Å². The number of nitrogens with zero attached hydrogens (tertiary/aromatic N) is 4. The second-order valence-corrected chi connectivity index (χ2v) is 9.79. The predicted molar refractivity (Wildman–Crippen MR) is 149 cm³/mol. The van der Waals surface area contributed by atoms with Crippen LogP contribution in [0.4, 0.5) is 11.4 Å². The highest BCUT2D eigenvalue weighted by atomic mass is 32.1. The van der Waals surface area contributed by atoms with E-state index in [9.17, 15) is 0 Å². The van der Waals surface area contributed by atoms with Crippen molar-refractivity contribution in [3.63, 3.8) is 0 Å². The number of aryl methyl sites for hydroxylation is 2. The molecule has 6 heteroatoms. The van der Waals surface area contributed by atoms with E-state index < -0.39 is 0 Å². The monoisotopic (exact) mass is 481 g/mol. The number of anilines is 2. The lowest BCUT2D eigenvalue weighted by atomic mass is 9.96. The quantitative estimate of drug-likeness (QED) is 0.352. The van der Waals surface area contributed by atoms with Gasteiger partial charge in [-0.1, -0.05) is 23.8 Å². The Morgan fingerprint density at radius 1 is 0.886 bits per heavy atom. The Kier molecular flexibility index (Phi) is 6.07. The van der Waals surface area contributed by atoms with Crippen molar-refractivity contribution in [2.75, 3.05) is 23.9 Å². The Morgan fingerprint density at radius 2 is 1.57 bits per heavy atom. The van der Waals surface area contributed by atoms with E-state index in [2.05, 4.69) is 115 Å². The molecule has 3 heterocycles. The third-order valence-corrected chi connectivity index (χ3v) is 7.14. The van der Waals surface area contributed by atoms with E-state index in [1.54, 1.807) is 0 Å². The summed E-state index contributed by atoms with van der Waals surface area (Å²) in [5.74, 6) is 0. The van der Waals surface area contributed by atoms with Gasteiger partial charge in [-0.15, -0.1) is 0 Å². The maximum absolute atomic E-state index is 5.92. The average Bonchev–Trinajstić information content (AvgIpc) is 3.35. The molecule has 0 radical (unpaired) electrons. The average molecular weight is 482 g/mol. The highest BCUT2D eigenvalue weighted by Gasteiger charge is 2.42. The number of rotatable bonds is 5. The van der Waals surface area contributed by atoms with Gasteiger partial charge in [-0.25, -0.2) is 0 Å². The topological polar surface area (TPSA) is 36.3 Å². The summed E-state index contributed by atoms with van der Waals surface area (Å²) in [7, 11) is 4.10. The molecule has 1 N–H and O–H groups in total. The molecule has 5 rings (SSSR count). The number of hydrogen-bond acceptors (Lipinski definition) is 3. The van der Waals surface area contributed by atoms with Gasteiger partial charge in [0.05, 0.1) is 17.8 Å². The summed E-state index contributed by atoms with van der Waals surface area (Å²) in [6.07, 6.45) is 1.85. The minimum Gasteiger partial charge on any atom is -0.378 e. The lowest BCUT2D eigenvalue weighted by Gasteiger charge is -2.28. The van der Waals surface area contributed by atoms with Crippen molar-refractivity contribution in [3.8, 4) is 5.69 Å². The molecule has 5 nitrogen and oxygen atoms in total. The molecule has 1 aliphatic heterocycles. The fraction of sp³-hybridized carbons (Fsp3) is 0.241. The third kappa shape index (κ3) is 4.19. The molecule has 0 aliphatic carbocycles. The van der Waals surface area contributed by atoms with E-state index in [1.807, 2.05) is 18.3 Å². The van der Waals surface area contributed by atoms with E-state index >= 15 is 0 Å². The highest BCUT2D eigenvalue weighted by molar-refractivity contribution is 7.80. The molecule has 0 spiro atoms. The number of thiocarbonyl (C=S) groups is 1. The first kappa shape index (κ1) is 23.1. The van der Waals surface area contributed by atoms with Gasteiger partial charge in [0.25, 0.3) is 0 Å². The fourth-order valence-electron chi connectivity index (χ4n) is 5.04. The summed E-state index contributed by atoms with van der Waals surface area (Å²) in [6.45, 7) is 6.49. The minimum absolute atomic E-state index is 0.0343. The Morgan fingerprint density at radius 3 is 2.20 bits per heavy atom. The van der Waals surface area contributed by atoms with Gasteiger partial charge >= 0.3 is 0 Å². The SMILES string of the molecule is Cc1ccc(-n2c(C)cc([C@H]3[C@H](c4ccccn4)NC(=S)N3c3ccc(N(C)C)cc3)c2C)cc1. The maximum Gasteiger partial charge on any atom is 0.174 e. The van der Waals surface area contributed by atoms with Gasteiger partial charge < -0.3 is 19.7 Å². The van der Waals surface area contributed by atoms with Crippen LogP contribution < -0.4 is 15.1 Å². The van der Waals surface area contributed by atoms with Crippen LogP contribution in [0.2, 0.25) is 0 Å². The standard InChI is InChI=1S/C29H31N5S/c1-19-9-11-23(12-10-19)33-20(2)18-25(21(33)3)28-27(26-8-6-7-17-30-26)31-29(35)34(28)24-15-13-22(14-16-24)32(4)5/h6-18,27-28H,1-5H3,(H,31,35)/t27-,28-/m0/s1. The first-order valence-electron chi connectivity index (χ1n) is 11.9. The van der Waals surface area contributed by atoms with Crippen molar-refractivity contribution in [2.45, 2.75) is 32.9 Å². The summed E-state index contributed by atoms with van der Waals surface area (Å²) >= 11 is 5.92. The third-order valence-electron chi connectivity index (χ3n) is 6.82. The van der Waals surface area contributed by atoms with E-state index in [-0.39, 0.29) is 12.1 Å². The molecule has 2 atom stereocenters. The molecule has 35 heavy (non-hydrogen) atoms. The molecule has 1 aliphatic rings. The Labute approximate surface area is 213 Å². The van der Waals surface area contributed by atoms with Crippen molar-refractivity contribution in [1.82, 2.24) is 14.9 Å². The van der Waals surface area contributed by atoms with Crippen LogP contribution in [-0.4, -0.2) is 28.8 Å². The van der Waals surface area contributed by atoms with Crippen LogP contribution in [0, 0.1) is 20.8 Å². The molecular formula is C29H31N5S. The number of nitrogens with one attached hydrogen (secondary N) is 1. The van der Waals surface area contributed by atoms with Crippen molar-refractivity contribution >= 4 is 28.7 Å². The summed E-state index contributed by atoms with van der Waals surface area (Å²) in [6, 6.07) is 25.5. The molecule has 2 aromatic heterocycles. The second-order valence-electron chi connectivity index (χ2n) is 9.40. The van der Waals surface area contributed by atoms with Crippen molar-refractivity contribution < 1.29 is 0 Å². The van der Waals surface area contributed by atoms with Gasteiger partial charge in [-0.3, -0.25) is 4.98 Å². The van der Waals surface area contributed by atoms with Gasteiger partial charge in [0.2, 0.25) is 0 Å². The largest absolute Gasteiger partial charge is 0.378 e.